The number of rotatable bonds is 11. The Labute approximate surface area is 340 Å². The molecule has 1 aliphatic heterocycles. The molecule has 0 spiro atoms. The number of hydrogen-bond acceptors (Lipinski definition) is 6. The van der Waals surface area contributed by atoms with Crippen LogP contribution < -0.4 is 25.2 Å². The molecule has 9 heteroatoms. The summed E-state index contributed by atoms with van der Waals surface area (Å²) in [7, 11) is 3.12. The molecule has 1 aliphatic rings. The van der Waals surface area contributed by atoms with E-state index < -0.39 is 0 Å². The zero-order chi connectivity index (χ0) is 40.5. The molecule has 1 aromatic heterocycles. The number of nitrogens with one attached hydrogen (secondary N) is 2. The SMILES string of the molecule is COc1cc(OC)c2c(=O)[nH]c(-c3cc(C)c(C(C)CCC(C)c4ccc(-c5ccc6c(c5)C(Nc5ccc(Cl)cc5)CC(C)N6C(C)=O)cc4)c(C)c3)nc2c1. The zero-order valence-electron chi connectivity index (χ0n) is 34.0. The fourth-order valence-electron chi connectivity index (χ4n) is 8.74. The summed E-state index contributed by atoms with van der Waals surface area (Å²) in [6.07, 6.45) is 2.87. The smallest absolute Gasteiger partial charge is 0.262 e. The predicted molar refractivity (Wildman–Crippen MR) is 233 cm³/mol. The van der Waals surface area contributed by atoms with Crippen LogP contribution >= 0.6 is 11.6 Å². The molecule has 2 heterocycles. The van der Waals surface area contributed by atoms with E-state index in [1.54, 1.807) is 26.2 Å². The lowest BCUT2D eigenvalue weighted by molar-refractivity contribution is -0.117. The lowest BCUT2D eigenvalue weighted by Crippen LogP contribution is -2.43. The van der Waals surface area contributed by atoms with Crippen LogP contribution in [-0.2, 0) is 4.79 Å². The molecule has 0 bridgehead atoms. The van der Waals surface area contributed by atoms with Crippen LogP contribution in [0.5, 0.6) is 11.5 Å². The Morgan fingerprint density at radius 3 is 2.19 bits per heavy atom. The molecule has 57 heavy (non-hydrogen) atoms. The number of aryl methyl sites for hydroxylation is 2. The van der Waals surface area contributed by atoms with Crippen molar-refractivity contribution >= 4 is 39.8 Å². The number of anilines is 2. The van der Waals surface area contributed by atoms with Gasteiger partial charge < -0.3 is 24.7 Å². The maximum absolute atomic E-state index is 13.2. The lowest BCUT2D eigenvalue weighted by atomic mass is 9.84. The molecule has 7 rings (SSSR count). The van der Waals surface area contributed by atoms with Gasteiger partial charge in [0.15, 0.2) is 0 Å². The van der Waals surface area contributed by atoms with Gasteiger partial charge >= 0.3 is 0 Å². The Hall–Kier alpha value is -5.60. The van der Waals surface area contributed by atoms with E-state index in [0.29, 0.717) is 45.1 Å². The molecule has 0 aliphatic carbocycles. The zero-order valence-corrected chi connectivity index (χ0v) is 34.8. The van der Waals surface area contributed by atoms with E-state index in [1.165, 1.54) is 29.4 Å². The molecule has 6 aromatic rings. The normalized spacial score (nSPS) is 16.2. The predicted octanol–water partition coefficient (Wildman–Crippen LogP) is 11.5. The number of fused-ring (bicyclic) bond motifs is 2. The Morgan fingerprint density at radius 1 is 0.877 bits per heavy atom. The molecule has 4 unspecified atom stereocenters. The fourth-order valence-corrected chi connectivity index (χ4v) is 8.86. The minimum Gasteiger partial charge on any atom is -0.497 e. The van der Waals surface area contributed by atoms with Crippen molar-refractivity contribution in [1.82, 2.24) is 9.97 Å². The van der Waals surface area contributed by atoms with Gasteiger partial charge in [-0.2, -0.15) is 0 Å². The lowest BCUT2D eigenvalue weighted by Gasteiger charge is -2.39. The number of amides is 1. The summed E-state index contributed by atoms with van der Waals surface area (Å²) in [6, 6.07) is 31.0. The van der Waals surface area contributed by atoms with Crippen molar-refractivity contribution in [3.63, 3.8) is 0 Å². The maximum Gasteiger partial charge on any atom is 0.262 e. The molecule has 1 amide bonds. The van der Waals surface area contributed by atoms with Gasteiger partial charge in [-0.3, -0.25) is 9.59 Å². The minimum absolute atomic E-state index is 0.0464. The van der Waals surface area contributed by atoms with Gasteiger partial charge in [-0.1, -0.05) is 55.8 Å². The molecule has 0 saturated carbocycles. The maximum atomic E-state index is 13.2. The van der Waals surface area contributed by atoms with E-state index in [9.17, 15) is 9.59 Å². The van der Waals surface area contributed by atoms with Crippen LogP contribution in [0.15, 0.2) is 95.8 Å². The van der Waals surface area contributed by atoms with E-state index >= 15 is 0 Å². The Bertz CT molecular complexity index is 2470. The first-order valence-corrected chi connectivity index (χ1v) is 20.1. The average molecular weight is 783 g/mol. The van der Waals surface area contributed by atoms with Crippen molar-refractivity contribution in [3.05, 3.63) is 134 Å². The number of benzene rings is 5. The molecule has 0 radical (unpaired) electrons. The van der Waals surface area contributed by atoms with Gasteiger partial charge in [0.2, 0.25) is 5.91 Å². The van der Waals surface area contributed by atoms with Gasteiger partial charge in [-0.25, -0.2) is 4.98 Å². The molecule has 4 atom stereocenters. The van der Waals surface area contributed by atoms with Crippen molar-refractivity contribution in [2.45, 2.75) is 84.7 Å². The van der Waals surface area contributed by atoms with Crippen LogP contribution in [0.1, 0.15) is 92.7 Å². The van der Waals surface area contributed by atoms with Gasteiger partial charge in [0.1, 0.15) is 22.7 Å². The number of aromatic amines is 1. The third-order valence-electron chi connectivity index (χ3n) is 11.6. The Balaban J connectivity index is 1.06. The highest BCUT2D eigenvalue weighted by atomic mass is 35.5. The van der Waals surface area contributed by atoms with Gasteiger partial charge in [0, 0.05) is 47.1 Å². The van der Waals surface area contributed by atoms with E-state index in [1.807, 2.05) is 29.2 Å². The molecule has 8 nitrogen and oxygen atoms in total. The number of aromatic nitrogens is 2. The number of hydrogen-bond donors (Lipinski definition) is 2. The summed E-state index contributed by atoms with van der Waals surface area (Å²) in [6.45, 7) is 12.7. The summed E-state index contributed by atoms with van der Waals surface area (Å²) in [5.74, 6) is 2.30. The van der Waals surface area contributed by atoms with Crippen LogP contribution in [0, 0.1) is 13.8 Å². The molecule has 5 aromatic carbocycles. The Morgan fingerprint density at radius 2 is 1.54 bits per heavy atom. The second-order valence-electron chi connectivity index (χ2n) is 15.6. The van der Waals surface area contributed by atoms with Crippen LogP contribution in [0.25, 0.3) is 33.4 Å². The van der Waals surface area contributed by atoms with E-state index in [4.69, 9.17) is 26.1 Å². The average Bonchev–Trinajstić information content (AvgIpc) is 3.19. The van der Waals surface area contributed by atoms with Gasteiger partial charge in [0.05, 0.1) is 25.8 Å². The quantitative estimate of drug-likeness (QED) is 0.136. The number of ether oxygens (including phenoxy) is 2. The van der Waals surface area contributed by atoms with E-state index in [0.717, 1.165) is 52.9 Å². The largest absolute Gasteiger partial charge is 0.497 e. The Kier molecular flexibility index (Phi) is 11.5. The highest BCUT2D eigenvalue weighted by molar-refractivity contribution is 6.30. The van der Waals surface area contributed by atoms with E-state index in [2.05, 4.69) is 99.5 Å². The summed E-state index contributed by atoms with van der Waals surface area (Å²) < 4.78 is 10.9. The van der Waals surface area contributed by atoms with Crippen molar-refractivity contribution in [1.29, 1.82) is 0 Å². The van der Waals surface area contributed by atoms with Crippen molar-refractivity contribution in [2.75, 3.05) is 24.4 Å². The summed E-state index contributed by atoms with van der Waals surface area (Å²) >= 11 is 6.16. The van der Waals surface area contributed by atoms with Crippen LogP contribution in [0.3, 0.4) is 0 Å². The number of carbonyl (C=O) groups excluding carboxylic acids is 1. The third kappa shape index (κ3) is 8.14. The molecular weight excluding hydrogens is 732 g/mol. The standard InChI is InChI=1S/C48H51ClN4O4/c1-27(9-10-28(2)45-29(3)21-36(22-30(45)4)47-51-42-25-39(56-7)26-44(57-8)46(42)48(55)52-47)33-11-13-34(14-12-33)35-15-20-43-40(24-35)41(23-31(5)53(43)32(6)54)50-38-18-16-37(49)17-19-38/h11-22,24-28,31,41,50H,9-10,23H2,1-8H3,(H,51,52,55). The van der Waals surface area contributed by atoms with Gasteiger partial charge in [-0.05, 0) is 139 Å². The summed E-state index contributed by atoms with van der Waals surface area (Å²) in [5, 5.41) is 4.80. The first kappa shape index (κ1) is 39.6. The summed E-state index contributed by atoms with van der Waals surface area (Å²) in [5.41, 5.74) is 11.5. The number of halogens is 1. The number of nitrogens with zero attached hydrogens (tertiary/aromatic N) is 2. The molecule has 0 saturated heterocycles. The highest BCUT2D eigenvalue weighted by Gasteiger charge is 2.33. The number of H-pyrrole nitrogens is 1. The second-order valence-corrected chi connectivity index (χ2v) is 16.1. The number of carbonyl (C=O) groups is 1. The fraction of sp³-hybridized carbons (Fsp3) is 0.312. The first-order valence-electron chi connectivity index (χ1n) is 19.7. The monoisotopic (exact) mass is 782 g/mol. The third-order valence-corrected chi connectivity index (χ3v) is 11.9. The van der Waals surface area contributed by atoms with Crippen LogP contribution in [0.2, 0.25) is 5.02 Å². The second kappa shape index (κ2) is 16.5. The molecular formula is C48H51ClN4O4. The van der Waals surface area contributed by atoms with Gasteiger partial charge in [-0.15, -0.1) is 0 Å². The van der Waals surface area contributed by atoms with E-state index in [-0.39, 0.29) is 23.6 Å². The van der Waals surface area contributed by atoms with Crippen LogP contribution in [0.4, 0.5) is 11.4 Å². The van der Waals surface area contributed by atoms with Crippen molar-refractivity contribution < 1.29 is 14.3 Å². The van der Waals surface area contributed by atoms with Gasteiger partial charge in [0.25, 0.3) is 5.56 Å². The highest BCUT2D eigenvalue weighted by Crippen LogP contribution is 2.42. The van der Waals surface area contributed by atoms with Crippen molar-refractivity contribution in [3.8, 4) is 34.0 Å². The minimum atomic E-state index is -0.251. The van der Waals surface area contributed by atoms with Crippen LogP contribution in [-0.4, -0.2) is 36.1 Å². The molecule has 2 N–H and O–H groups in total. The molecule has 294 valence electrons. The van der Waals surface area contributed by atoms with Crippen molar-refractivity contribution in [2.24, 2.45) is 0 Å². The molecule has 0 fully saturated rings. The number of methoxy groups -OCH3 is 2. The topological polar surface area (TPSA) is 96.5 Å². The first-order chi connectivity index (χ1) is 27.3. The summed E-state index contributed by atoms with van der Waals surface area (Å²) in [4.78, 5) is 35.7.